The van der Waals surface area contributed by atoms with Gasteiger partial charge in [0.05, 0.1) is 6.61 Å². The molecule has 1 radical (unpaired) electrons. The van der Waals surface area contributed by atoms with Crippen molar-refractivity contribution in [1.82, 2.24) is 0 Å². The van der Waals surface area contributed by atoms with Crippen molar-refractivity contribution in [1.29, 1.82) is 0 Å². The first-order chi connectivity index (χ1) is 4.35. The van der Waals surface area contributed by atoms with Crippen LogP contribution < -0.4 is 0 Å². The van der Waals surface area contributed by atoms with E-state index in [9.17, 15) is 0 Å². The van der Waals surface area contributed by atoms with E-state index in [1.807, 2.05) is 0 Å². The van der Waals surface area contributed by atoms with Gasteiger partial charge in [-0.05, 0) is 18.1 Å². The zero-order valence-electron chi connectivity index (χ0n) is 6.02. The highest BCUT2D eigenvalue weighted by Gasteiger charge is 2.01. The molecule has 0 N–H and O–H groups in total. The highest BCUT2D eigenvalue weighted by molar-refractivity contribution is 7.78. The fraction of sp³-hybridized carbons (Fsp3) is 0.857. The van der Waals surface area contributed by atoms with Crippen LogP contribution in [-0.4, -0.2) is 12.2 Å². The molecule has 0 spiro atoms. The van der Waals surface area contributed by atoms with Gasteiger partial charge in [0.2, 0.25) is 5.55 Å². The molecule has 0 fully saturated rings. The lowest BCUT2D eigenvalue weighted by molar-refractivity contribution is 0.244. The lowest BCUT2D eigenvalue weighted by atomic mass is 10.1. The molecule has 0 amide bonds. The first-order valence-electron chi connectivity index (χ1n) is 3.34. The zero-order chi connectivity index (χ0) is 7.11. The number of ether oxygens (including phenoxy) is 1. The average molecular weight is 145 g/mol. The molecule has 0 bridgehead atoms. The van der Waals surface area contributed by atoms with Crippen LogP contribution in [0.3, 0.4) is 0 Å². The highest BCUT2D eigenvalue weighted by atomic mass is 32.1. The van der Waals surface area contributed by atoms with E-state index in [0.29, 0.717) is 5.92 Å². The molecule has 0 heterocycles. The molecule has 0 saturated heterocycles. The Bertz CT molecular complexity index is 69.3. The minimum atomic E-state index is 0.653. The second-order valence-electron chi connectivity index (χ2n) is 2.08. The van der Waals surface area contributed by atoms with Gasteiger partial charge in [-0.25, -0.2) is 0 Å². The molecule has 1 nitrogen and oxygen atoms in total. The summed E-state index contributed by atoms with van der Waals surface area (Å²) in [6.45, 7) is 5.04. The first-order valence-corrected chi connectivity index (χ1v) is 3.74. The van der Waals surface area contributed by atoms with E-state index in [0.717, 1.165) is 19.4 Å². The summed E-state index contributed by atoms with van der Waals surface area (Å²) < 4.78 is 4.84. The monoisotopic (exact) mass is 145 g/mol. The molecule has 0 aromatic heterocycles. The molecular formula is C7H13OS. The van der Waals surface area contributed by atoms with Crippen LogP contribution in [0, 0.1) is 5.92 Å². The lowest BCUT2D eigenvalue weighted by Gasteiger charge is -2.08. The molecule has 9 heavy (non-hydrogen) atoms. The van der Waals surface area contributed by atoms with E-state index in [1.54, 1.807) is 0 Å². The Kier molecular flexibility index (Phi) is 5.94. The molecule has 0 atom stereocenters. The predicted molar refractivity (Wildman–Crippen MR) is 42.6 cm³/mol. The number of rotatable bonds is 5. The third-order valence-corrected chi connectivity index (χ3v) is 1.65. The smallest absolute Gasteiger partial charge is 0.239 e. The standard InChI is InChI=1S/C7H13OS/c1-3-7(4-2)5-8-6-9/h7H,3-5H2,1-2H3. The van der Waals surface area contributed by atoms with Crippen molar-refractivity contribution in [3.05, 3.63) is 0 Å². The third-order valence-electron chi connectivity index (χ3n) is 1.53. The summed E-state index contributed by atoms with van der Waals surface area (Å²) >= 11 is 4.39. The Morgan fingerprint density at radius 3 is 2.33 bits per heavy atom. The van der Waals surface area contributed by atoms with Crippen molar-refractivity contribution in [2.45, 2.75) is 26.7 Å². The maximum absolute atomic E-state index is 4.84. The first kappa shape index (κ1) is 8.89. The van der Waals surface area contributed by atoms with Crippen molar-refractivity contribution in [2.75, 3.05) is 6.61 Å². The van der Waals surface area contributed by atoms with Crippen molar-refractivity contribution < 1.29 is 4.74 Å². The van der Waals surface area contributed by atoms with Gasteiger partial charge in [-0.1, -0.05) is 26.7 Å². The van der Waals surface area contributed by atoms with Crippen LogP contribution in [0.25, 0.3) is 0 Å². The number of thiocarbonyl (C=S) groups is 1. The van der Waals surface area contributed by atoms with Crippen LogP contribution in [0.5, 0.6) is 0 Å². The second kappa shape index (κ2) is 6.02. The van der Waals surface area contributed by atoms with E-state index < -0.39 is 0 Å². The minimum Gasteiger partial charge on any atom is -0.480 e. The van der Waals surface area contributed by atoms with E-state index in [4.69, 9.17) is 4.74 Å². The van der Waals surface area contributed by atoms with Crippen LogP contribution in [0.15, 0.2) is 0 Å². The summed E-state index contributed by atoms with van der Waals surface area (Å²) in [4.78, 5) is 0. The third kappa shape index (κ3) is 4.40. The van der Waals surface area contributed by atoms with Crippen LogP contribution >= 0.6 is 12.2 Å². The van der Waals surface area contributed by atoms with Gasteiger partial charge in [0.25, 0.3) is 0 Å². The lowest BCUT2D eigenvalue weighted by Crippen LogP contribution is -2.05. The minimum absolute atomic E-state index is 0.653. The van der Waals surface area contributed by atoms with Gasteiger partial charge >= 0.3 is 0 Å². The average Bonchev–Trinajstić information content (AvgIpc) is 1.91. The van der Waals surface area contributed by atoms with Crippen LogP contribution in [0.4, 0.5) is 0 Å². The Morgan fingerprint density at radius 2 is 2.00 bits per heavy atom. The van der Waals surface area contributed by atoms with Gasteiger partial charge in [-0.3, -0.25) is 0 Å². The maximum Gasteiger partial charge on any atom is 0.239 e. The summed E-state index contributed by atoms with van der Waals surface area (Å²) in [6.07, 6.45) is 2.32. The van der Waals surface area contributed by atoms with E-state index >= 15 is 0 Å². The van der Waals surface area contributed by atoms with Crippen molar-refractivity contribution in [3.63, 3.8) is 0 Å². The summed E-state index contributed by atoms with van der Waals surface area (Å²) in [5, 5.41) is 0. The molecule has 0 aromatic rings. The maximum atomic E-state index is 4.84. The molecule has 53 valence electrons. The summed E-state index contributed by atoms with van der Waals surface area (Å²) in [7, 11) is 0. The number of hydrogen-bond acceptors (Lipinski definition) is 2. The second-order valence-corrected chi connectivity index (χ2v) is 2.24. The molecule has 2 heteroatoms. The molecule has 0 saturated carbocycles. The molecule has 0 rings (SSSR count). The van der Waals surface area contributed by atoms with Gasteiger partial charge in [0.15, 0.2) is 0 Å². The molecule has 0 aliphatic heterocycles. The van der Waals surface area contributed by atoms with Gasteiger partial charge in [-0.15, -0.1) is 0 Å². The quantitative estimate of drug-likeness (QED) is 0.549. The fourth-order valence-electron chi connectivity index (χ4n) is 0.676. The highest BCUT2D eigenvalue weighted by Crippen LogP contribution is 2.06. The summed E-state index contributed by atoms with van der Waals surface area (Å²) in [5.74, 6) is 0.653. The Balaban J connectivity index is 3.19. The van der Waals surface area contributed by atoms with Gasteiger partial charge in [-0.2, -0.15) is 0 Å². The van der Waals surface area contributed by atoms with E-state index in [-0.39, 0.29) is 0 Å². The van der Waals surface area contributed by atoms with Crippen LogP contribution in [0.2, 0.25) is 0 Å². The van der Waals surface area contributed by atoms with Crippen LogP contribution in [0.1, 0.15) is 26.7 Å². The van der Waals surface area contributed by atoms with E-state index in [2.05, 4.69) is 31.6 Å². The Morgan fingerprint density at radius 1 is 1.44 bits per heavy atom. The van der Waals surface area contributed by atoms with Gasteiger partial charge in [0, 0.05) is 0 Å². The van der Waals surface area contributed by atoms with Gasteiger partial charge < -0.3 is 4.74 Å². The van der Waals surface area contributed by atoms with Gasteiger partial charge in [0.1, 0.15) is 0 Å². The van der Waals surface area contributed by atoms with Crippen molar-refractivity contribution in [2.24, 2.45) is 5.92 Å². The van der Waals surface area contributed by atoms with Crippen molar-refractivity contribution in [3.8, 4) is 0 Å². The summed E-state index contributed by atoms with van der Waals surface area (Å²) in [6, 6.07) is 0. The predicted octanol–water partition coefficient (Wildman–Crippen LogP) is 2.27. The SMILES string of the molecule is CCC(CC)CO[C]=S. The number of hydrogen-bond donors (Lipinski definition) is 0. The van der Waals surface area contributed by atoms with E-state index in [1.165, 1.54) is 0 Å². The van der Waals surface area contributed by atoms with Crippen LogP contribution in [-0.2, 0) is 4.74 Å². The fourth-order valence-corrected chi connectivity index (χ4v) is 0.744. The molecular weight excluding hydrogens is 132 g/mol. The Labute approximate surface area is 62.4 Å². The normalized spacial score (nSPS) is 9.67. The Hall–Kier alpha value is -0.110. The summed E-state index contributed by atoms with van der Waals surface area (Å²) in [5.41, 5.74) is 2.25. The largest absolute Gasteiger partial charge is 0.480 e. The van der Waals surface area contributed by atoms with Crippen molar-refractivity contribution >= 4 is 17.8 Å². The molecule has 0 aliphatic rings. The molecule has 0 unspecified atom stereocenters. The molecule has 0 aromatic carbocycles. The molecule has 0 aliphatic carbocycles. The zero-order valence-corrected chi connectivity index (χ0v) is 6.83. The topological polar surface area (TPSA) is 9.23 Å².